The fourth-order valence-corrected chi connectivity index (χ4v) is 3.67. The lowest BCUT2D eigenvalue weighted by molar-refractivity contribution is -0.120. The molecular weight excluding hydrogens is 351 g/mol. The van der Waals surface area contributed by atoms with E-state index in [1.807, 2.05) is 0 Å². The fraction of sp³-hybridized carbons (Fsp3) is 0.579. The van der Waals surface area contributed by atoms with Gasteiger partial charge >= 0.3 is 6.03 Å². The summed E-state index contributed by atoms with van der Waals surface area (Å²) in [6.07, 6.45) is 2.03. The number of nitrogens with zero attached hydrogens (tertiary/aromatic N) is 2. The van der Waals surface area contributed by atoms with Gasteiger partial charge in [-0.25, -0.2) is 9.18 Å². The zero-order valence-electron chi connectivity index (χ0n) is 15.7. The third-order valence-corrected chi connectivity index (χ3v) is 5.04. The van der Waals surface area contributed by atoms with Gasteiger partial charge in [-0.2, -0.15) is 0 Å². The van der Waals surface area contributed by atoms with Gasteiger partial charge in [0, 0.05) is 45.8 Å². The van der Waals surface area contributed by atoms with Gasteiger partial charge in [-0.3, -0.25) is 4.79 Å². The van der Waals surface area contributed by atoms with Gasteiger partial charge in [-0.1, -0.05) is 6.07 Å². The van der Waals surface area contributed by atoms with Crippen LogP contribution in [0.15, 0.2) is 18.2 Å². The molecule has 3 rings (SSSR count). The van der Waals surface area contributed by atoms with Crippen LogP contribution in [0.3, 0.4) is 0 Å². The van der Waals surface area contributed by atoms with E-state index >= 15 is 0 Å². The maximum Gasteiger partial charge on any atom is 0.317 e. The van der Waals surface area contributed by atoms with E-state index < -0.39 is 0 Å². The first-order valence-electron chi connectivity index (χ1n) is 9.38. The highest BCUT2D eigenvalue weighted by Crippen LogP contribution is 2.21. The van der Waals surface area contributed by atoms with Crippen LogP contribution < -0.4 is 15.5 Å². The van der Waals surface area contributed by atoms with Crippen molar-refractivity contribution in [1.29, 1.82) is 0 Å². The van der Waals surface area contributed by atoms with Crippen molar-refractivity contribution < 1.29 is 18.7 Å². The average molecular weight is 378 g/mol. The largest absolute Gasteiger partial charge is 0.384 e. The fourth-order valence-electron chi connectivity index (χ4n) is 3.67. The number of halogens is 1. The molecule has 2 heterocycles. The molecule has 148 valence electrons. The number of amides is 3. The first-order chi connectivity index (χ1) is 13.1. The molecule has 0 aliphatic carbocycles. The number of carbonyl (C=O) groups excluding carboxylic acids is 2. The summed E-state index contributed by atoms with van der Waals surface area (Å²) in [5, 5.41) is 5.59. The van der Waals surface area contributed by atoms with Crippen LogP contribution in [-0.4, -0.2) is 63.3 Å². The molecule has 0 bridgehead atoms. The Bertz CT molecular complexity index is 683. The Morgan fingerprint density at radius 3 is 3.00 bits per heavy atom. The molecule has 2 fully saturated rings. The summed E-state index contributed by atoms with van der Waals surface area (Å²) in [6, 6.07) is 4.75. The van der Waals surface area contributed by atoms with Crippen molar-refractivity contribution in [2.24, 2.45) is 5.92 Å². The Balaban J connectivity index is 1.54. The SMILES string of the molecule is COC[C@H]1CCCN(C(=O)NCc2ccc(N3CCNC(=O)C3)c(F)c2)C1. The minimum atomic E-state index is -0.380. The van der Waals surface area contributed by atoms with E-state index in [4.69, 9.17) is 4.74 Å². The van der Waals surface area contributed by atoms with Crippen LogP contribution in [0, 0.1) is 11.7 Å². The second-order valence-electron chi connectivity index (χ2n) is 7.13. The number of anilines is 1. The Kier molecular flexibility index (Phi) is 6.49. The highest BCUT2D eigenvalue weighted by molar-refractivity contribution is 5.82. The number of nitrogens with one attached hydrogen (secondary N) is 2. The third kappa shape index (κ3) is 5.09. The topological polar surface area (TPSA) is 73.9 Å². The molecule has 0 spiro atoms. The van der Waals surface area contributed by atoms with Crippen LogP contribution in [0.2, 0.25) is 0 Å². The molecule has 7 nitrogen and oxygen atoms in total. The summed E-state index contributed by atoms with van der Waals surface area (Å²) in [5.74, 6) is -0.118. The zero-order valence-corrected chi connectivity index (χ0v) is 15.7. The van der Waals surface area contributed by atoms with E-state index in [-0.39, 0.29) is 30.8 Å². The highest BCUT2D eigenvalue weighted by Gasteiger charge is 2.23. The Morgan fingerprint density at radius 2 is 2.26 bits per heavy atom. The van der Waals surface area contributed by atoms with Crippen LogP contribution in [0.5, 0.6) is 0 Å². The number of benzene rings is 1. The molecule has 2 aliphatic rings. The minimum absolute atomic E-state index is 0.106. The first kappa shape index (κ1) is 19.4. The van der Waals surface area contributed by atoms with E-state index in [1.165, 1.54) is 6.07 Å². The molecule has 1 aromatic rings. The van der Waals surface area contributed by atoms with Gasteiger partial charge in [-0.15, -0.1) is 0 Å². The van der Waals surface area contributed by atoms with Gasteiger partial charge in [0.1, 0.15) is 5.82 Å². The minimum Gasteiger partial charge on any atom is -0.384 e. The van der Waals surface area contributed by atoms with Crippen molar-refractivity contribution >= 4 is 17.6 Å². The summed E-state index contributed by atoms with van der Waals surface area (Å²) in [7, 11) is 1.67. The summed E-state index contributed by atoms with van der Waals surface area (Å²) in [4.78, 5) is 27.4. The van der Waals surface area contributed by atoms with Crippen molar-refractivity contribution in [3.63, 3.8) is 0 Å². The molecule has 0 radical (unpaired) electrons. The van der Waals surface area contributed by atoms with Gasteiger partial charge in [0.05, 0.1) is 18.8 Å². The number of carbonyl (C=O) groups is 2. The zero-order chi connectivity index (χ0) is 19.2. The van der Waals surface area contributed by atoms with Gasteiger partial charge in [0.25, 0.3) is 0 Å². The lowest BCUT2D eigenvalue weighted by Gasteiger charge is -2.32. The average Bonchev–Trinajstić information content (AvgIpc) is 2.66. The van der Waals surface area contributed by atoms with E-state index in [0.717, 1.165) is 19.4 Å². The molecular formula is C19H27FN4O3. The first-order valence-corrected chi connectivity index (χ1v) is 9.38. The second kappa shape index (κ2) is 9.03. The Hall–Kier alpha value is -2.35. The van der Waals surface area contributed by atoms with Crippen LogP contribution in [0.1, 0.15) is 18.4 Å². The van der Waals surface area contributed by atoms with E-state index in [1.54, 1.807) is 29.0 Å². The van der Waals surface area contributed by atoms with Gasteiger partial charge in [0.15, 0.2) is 0 Å². The summed E-state index contributed by atoms with van der Waals surface area (Å²) < 4.78 is 19.7. The number of likely N-dealkylation sites (tertiary alicyclic amines) is 1. The van der Waals surface area contributed by atoms with Crippen molar-refractivity contribution in [2.75, 3.05) is 51.3 Å². The summed E-state index contributed by atoms with van der Waals surface area (Å²) >= 11 is 0. The Morgan fingerprint density at radius 1 is 1.41 bits per heavy atom. The van der Waals surface area contributed by atoms with Crippen molar-refractivity contribution in [3.05, 3.63) is 29.6 Å². The van der Waals surface area contributed by atoms with Crippen molar-refractivity contribution in [1.82, 2.24) is 15.5 Å². The standard InChI is InChI=1S/C19H27FN4O3/c1-27-13-15-3-2-7-24(11-15)19(26)22-10-14-4-5-17(16(20)9-14)23-8-6-21-18(25)12-23/h4-5,9,15H,2-3,6-8,10-13H2,1H3,(H,21,25)(H,22,26)/t15-/m0/s1. The molecule has 0 saturated carbocycles. The van der Waals surface area contributed by atoms with E-state index in [9.17, 15) is 14.0 Å². The lowest BCUT2D eigenvalue weighted by atomic mass is 9.99. The third-order valence-electron chi connectivity index (χ3n) is 5.04. The van der Waals surface area contributed by atoms with Crippen LogP contribution in [-0.2, 0) is 16.1 Å². The molecule has 0 aromatic heterocycles. The molecule has 0 unspecified atom stereocenters. The summed E-state index contributed by atoms with van der Waals surface area (Å²) in [6.45, 7) is 3.59. The van der Waals surface area contributed by atoms with E-state index in [0.29, 0.717) is 43.4 Å². The monoisotopic (exact) mass is 378 g/mol. The summed E-state index contributed by atoms with van der Waals surface area (Å²) in [5.41, 5.74) is 1.11. The number of hydrogen-bond acceptors (Lipinski definition) is 4. The van der Waals surface area contributed by atoms with Crippen LogP contribution in [0.25, 0.3) is 0 Å². The number of ether oxygens (including phenoxy) is 1. The Labute approximate surface area is 158 Å². The molecule has 27 heavy (non-hydrogen) atoms. The molecule has 8 heteroatoms. The van der Waals surface area contributed by atoms with Gasteiger partial charge in [-0.05, 0) is 30.5 Å². The van der Waals surface area contributed by atoms with Crippen LogP contribution >= 0.6 is 0 Å². The number of piperazine rings is 1. The maximum absolute atomic E-state index is 14.5. The van der Waals surface area contributed by atoms with Gasteiger partial charge < -0.3 is 25.2 Å². The lowest BCUT2D eigenvalue weighted by Crippen LogP contribution is -2.48. The van der Waals surface area contributed by atoms with E-state index in [2.05, 4.69) is 10.6 Å². The molecule has 2 aliphatic heterocycles. The quantitative estimate of drug-likeness (QED) is 0.811. The number of piperidine rings is 1. The normalized spacial score (nSPS) is 20.4. The van der Waals surface area contributed by atoms with Gasteiger partial charge in [0.2, 0.25) is 5.91 Å². The molecule has 2 N–H and O–H groups in total. The molecule has 3 amide bonds. The van der Waals surface area contributed by atoms with Crippen molar-refractivity contribution in [3.8, 4) is 0 Å². The molecule has 2 saturated heterocycles. The number of urea groups is 1. The molecule has 1 atom stereocenters. The predicted molar refractivity (Wildman–Crippen MR) is 100 cm³/mol. The maximum atomic E-state index is 14.5. The second-order valence-corrected chi connectivity index (χ2v) is 7.13. The molecule has 1 aromatic carbocycles. The number of methoxy groups -OCH3 is 1. The smallest absolute Gasteiger partial charge is 0.317 e. The highest BCUT2D eigenvalue weighted by atomic mass is 19.1. The predicted octanol–water partition coefficient (Wildman–Crippen LogP) is 1.33. The van der Waals surface area contributed by atoms with Crippen LogP contribution in [0.4, 0.5) is 14.9 Å². The van der Waals surface area contributed by atoms with Crippen molar-refractivity contribution in [2.45, 2.75) is 19.4 Å². The number of hydrogen-bond donors (Lipinski definition) is 2. The number of rotatable bonds is 5.